The van der Waals surface area contributed by atoms with Gasteiger partial charge in [0.15, 0.2) is 11.5 Å². The molecule has 0 heterocycles. The van der Waals surface area contributed by atoms with Crippen molar-refractivity contribution in [1.29, 1.82) is 5.26 Å². The number of benzene rings is 1. The third-order valence-electron chi connectivity index (χ3n) is 2.11. The molecule has 0 aliphatic carbocycles. The Labute approximate surface area is 99.2 Å². The molecule has 5 heteroatoms. The van der Waals surface area contributed by atoms with Gasteiger partial charge in [0, 0.05) is 0 Å². The van der Waals surface area contributed by atoms with Crippen LogP contribution < -0.4 is 4.74 Å². The number of ether oxygens (including phenoxy) is 2. The quantitative estimate of drug-likeness (QED) is 0.797. The van der Waals surface area contributed by atoms with Gasteiger partial charge in [-0.15, -0.1) is 0 Å². The van der Waals surface area contributed by atoms with Crippen LogP contribution in [0, 0.1) is 11.3 Å². The molecule has 0 spiro atoms. The van der Waals surface area contributed by atoms with Gasteiger partial charge in [-0.25, -0.2) is 0 Å². The Balaban J connectivity index is 3.00. The zero-order valence-corrected chi connectivity index (χ0v) is 9.69. The summed E-state index contributed by atoms with van der Waals surface area (Å²) in [7, 11) is 1.36. The van der Waals surface area contributed by atoms with Crippen molar-refractivity contribution in [3.8, 4) is 17.6 Å². The minimum atomic E-state index is -0.402. The predicted octanol–water partition coefficient (Wildman–Crippen LogP) is 1.38. The second-order valence-electron chi connectivity index (χ2n) is 3.29. The third-order valence-corrected chi connectivity index (χ3v) is 2.11. The number of carbonyl (C=O) groups is 1. The fraction of sp³-hybridized carbons (Fsp3) is 0.333. The summed E-state index contributed by atoms with van der Waals surface area (Å²) in [5.41, 5.74) is 0.699. The fourth-order valence-corrected chi connectivity index (χ4v) is 1.45. The highest BCUT2D eigenvalue weighted by Gasteiger charge is 2.13. The molecule has 0 saturated carbocycles. The van der Waals surface area contributed by atoms with Gasteiger partial charge in [0.2, 0.25) is 0 Å². The van der Waals surface area contributed by atoms with Crippen LogP contribution in [0.5, 0.6) is 11.5 Å². The van der Waals surface area contributed by atoms with Gasteiger partial charge in [-0.2, -0.15) is 5.26 Å². The van der Waals surface area contributed by atoms with Gasteiger partial charge in [0.05, 0.1) is 25.7 Å². The number of esters is 1. The average Bonchev–Trinajstić information content (AvgIpc) is 2.28. The van der Waals surface area contributed by atoms with Crippen molar-refractivity contribution in [2.24, 2.45) is 0 Å². The molecule has 0 unspecified atom stereocenters. The first-order valence-electron chi connectivity index (χ1n) is 5.08. The number of phenolic OH excluding ortho intramolecular Hbond substituents is 1. The van der Waals surface area contributed by atoms with Crippen molar-refractivity contribution in [3.05, 3.63) is 23.3 Å². The van der Waals surface area contributed by atoms with E-state index in [-0.39, 0.29) is 23.5 Å². The Kier molecular flexibility index (Phi) is 4.35. The van der Waals surface area contributed by atoms with E-state index in [1.807, 2.05) is 6.07 Å². The molecule has 0 saturated heterocycles. The first kappa shape index (κ1) is 12.8. The van der Waals surface area contributed by atoms with E-state index in [1.165, 1.54) is 19.2 Å². The molecule has 0 radical (unpaired) electrons. The third kappa shape index (κ3) is 3.11. The molecule has 0 fully saturated rings. The average molecular weight is 235 g/mol. The molecule has 1 rings (SSSR count). The summed E-state index contributed by atoms with van der Waals surface area (Å²) >= 11 is 0. The number of nitriles is 1. The normalized spacial score (nSPS) is 9.47. The van der Waals surface area contributed by atoms with Gasteiger partial charge in [-0.3, -0.25) is 4.79 Å². The van der Waals surface area contributed by atoms with Crippen LogP contribution in [0.1, 0.15) is 18.1 Å². The minimum Gasteiger partial charge on any atom is -0.504 e. The molecule has 1 aromatic carbocycles. The lowest BCUT2D eigenvalue weighted by Gasteiger charge is -2.08. The molecule has 0 amide bonds. The highest BCUT2D eigenvalue weighted by Crippen LogP contribution is 2.31. The van der Waals surface area contributed by atoms with Gasteiger partial charge in [0.25, 0.3) is 0 Å². The molecule has 0 aromatic heterocycles. The summed E-state index contributed by atoms with van der Waals surface area (Å²) in [6.07, 6.45) is 0.0140. The zero-order valence-electron chi connectivity index (χ0n) is 9.69. The molecule has 0 aliphatic heterocycles. The van der Waals surface area contributed by atoms with Crippen LogP contribution in [0.25, 0.3) is 0 Å². The van der Waals surface area contributed by atoms with E-state index in [4.69, 9.17) is 14.7 Å². The van der Waals surface area contributed by atoms with Crippen molar-refractivity contribution in [1.82, 2.24) is 0 Å². The van der Waals surface area contributed by atoms with Crippen molar-refractivity contribution in [3.63, 3.8) is 0 Å². The van der Waals surface area contributed by atoms with Gasteiger partial charge in [-0.05, 0) is 24.6 Å². The van der Waals surface area contributed by atoms with E-state index in [9.17, 15) is 9.90 Å². The standard InChI is InChI=1S/C12H13NO4/c1-3-17-11(15)6-8-4-9(7-13)12(16-2)10(14)5-8/h4-5,14H,3,6H2,1-2H3. The molecule has 0 atom stereocenters. The van der Waals surface area contributed by atoms with Crippen molar-refractivity contribution < 1.29 is 19.4 Å². The van der Waals surface area contributed by atoms with Crippen LogP contribution in [0.3, 0.4) is 0 Å². The molecular formula is C12H13NO4. The van der Waals surface area contributed by atoms with Crippen LogP contribution >= 0.6 is 0 Å². The topological polar surface area (TPSA) is 79.6 Å². The highest BCUT2D eigenvalue weighted by atomic mass is 16.5. The van der Waals surface area contributed by atoms with E-state index in [1.54, 1.807) is 6.92 Å². The van der Waals surface area contributed by atoms with Gasteiger partial charge in [0.1, 0.15) is 6.07 Å². The van der Waals surface area contributed by atoms with E-state index in [0.29, 0.717) is 12.2 Å². The smallest absolute Gasteiger partial charge is 0.310 e. The van der Waals surface area contributed by atoms with Crippen LogP contribution in [-0.2, 0) is 16.0 Å². The summed E-state index contributed by atoms with van der Waals surface area (Å²) in [6, 6.07) is 4.78. The van der Waals surface area contributed by atoms with E-state index >= 15 is 0 Å². The first-order chi connectivity index (χ1) is 8.12. The Morgan fingerprint density at radius 1 is 1.53 bits per heavy atom. The Morgan fingerprint density at radius 3 is 2.76 bits per heavy atom. The summed E-state index contributed by atoms with van der Waals surface area (Å²) in [4.78, 5) is 11.3. The largest absolute Gasteiger partial charge is 0.504 e. The lowest BCUT2D eigenvalue weighted by Crippen LogP contribution is -2.07. The number of hydrogen-bond acceptors (Lipinski definition) is 5. The molecule has 0 aliphatic rings. The highest BCUT2D eigenvalue weighted by molar-refractivity contribution is 5.73. The van der Waals surface area contributed by atoms with Crippen LogP contribution in [0.15, 0.2) is 12.1 Å². The first-order valence-corrected chi connectivity index (χ1v) is 5.08. The number of carbonyl (C=O) groups excluding carboxylic acids is 1. The van der Waals surface area contributed by atoms with Gasteiger partial charge in [-0.1, -0.05) is 0 Å². The number of nitrogens with zero attached hydrogens (tertiary/aromatic N) is 1. The maximum Gasteiger partial charge on any atom is 0.310 e. The van der Waals surface area contributed by atoms with E-state index in [2.05, 4.69) is 0 Å². The predicted molar refractivity (Wildman–Crippen MR) is 59.7 cm³/mol. The maximum absolute atomic E-state index is 11.3. The number of phenols is 1. The second kappa shape index (κ2) is 5.75. The Bertz CT molecular complexity index is 462. The van der Waals surface area contributed by atoms with E-state index in [0.717, 1.165) is 0 Å². The molecule has 17 heavy (non-hydrogen) atoms. The summed E-state index contributed by atoms with van der Waals surface area (Å²) in [5, 5.41) is 18.5. The summed E-state index contributed by atoms with van der Waals surface area (Å²) in [6.45, 7) is 2.01. The van der Waals surface area contributed by atoms with Gasteiger partial charge >= 0.3 is 5.97 Å². The molecule has 1 N–H and O–H groups in total. The van der Waals surface area contributed by atoms with Crippen molar-refractivity contribution >= 4 is 5.97 Å². The van der Waals surface area contributed by atoms with Gasteiger partial charge < -0.3 is 14.6 Å². The molecule has 0 bridgehead atoms. The summed E-state index contributed by atoms with van der Waals surface area (Å²) in [5.74, 6) is -0.452. The molecule has 1 aromatic rings. The van der Waals surface area contributed by atoms with Crippen LogP contribution in [0.4, 0.5) is 0 Å². The lowest BCUT2D eigenvalue weighted by molar-refractivity contribution is -0.142. The van der Waals surface area contributed by atoms with Crippen molar-refractivity contribution in [2.75, 3.05) is 13.7 Å². The number of rotatable bonds is 4. The number of aromatic hydroxyl groups is 1. The Morgan fingerprint density at radius 2 is 2.24 bits per heavy atom. The second-order valence-corrected chi connectivity index (χ2v) is 3.29. The number of methoxy groups -OCH3 is 1. The van der Waals surface area contributed by atoms with Crippen molar-refractivity contribution in [2.45, 2.75) is 13.3 Å². The van der Waals surface area contributed by atoms with Crippen LogP contribution in [0.2, 0.25) is 0 Å². The lowest BCUT2D eigenvalue weighted by atomic mass is 10.1. The zero-order chi connectivity index (χ0) is 12.8. The number of hydrogen-bond donors (Lipinski definition) is 1. The monoisotopic (exact) mass is 235 g/mol. The SMILES string of the molecule is CCOC(=O)Cc1cc(O)c(OC)c(C#N)c1. The summed E-state index contributed by atoms with van der Waals surface area (Å²) < 4.78 is 9.67. The minimum absolute atomic E-state index is 0.0140. The molecular weight excluding hydrogens is 222 g/mol. The Hall–Kier alpha value is -2.22. The molecule has 90 valence electrons. The maximum atomic E-state index is 11.3. The molecule has 5 nitrogen and oxygen atoms in total. The fourth-order valence-electron chi connectivity index (χ4n) is 1.45. The van der Waals surface area contributed by atoms with Crippen LogP contribution in [-0.4, -0.2) is 24.8 Å². The van der Waals surface area contributed by atoms with E-state index < -0.39 is 5.97 Å².